The Kier molecular flexibility index (Phi) is 4.83. The number of para-hydroxylation sites is 1. The molecule has 1 aliphatic heterocycles. The van der Waals surface area contributed by atoms with E-state index in [1.54, 1.807) is 0 Å². The predicted molar refractivity (Wildman–Crippen MR) is 80.6 cm³/mol. The lowest BCUT2D eigenvalue weighted by Gasteiger charge is -2.36. The van der Waals surface area contributed by atoms with Crippen molar-refractivity contribution >= 4 is 5.69 Å². The number of rotatable bonds is 4. The molecule has 1 aromatic rings. The zero-order valence-electron chi connectivity index (χ0n) is 12.3. The third kappa shape index (κ3) is 3.71. The van der Waals surface area contributed by atoms with E-state index in [1.807, 2.05) is 19.1 Å². The minimum Gasteiger partial charge on any atom is -0.389 e. The lowest BCUT2D eigenvalue weighted by atomic mass is 9.95. The number of aliphatic hydroxyl groups excluding tert-OH is 1. The maximum atomic E-state index is 9.87. The molecule has 0 amide bonds. The zero-order valence-corrected chi connectivity index (χ0v) is 12.3. The van der Waals surface area contributed by atoms with Crippen LogP contribution in [0.2, 0.25) is 0 Å². The van der Waals surface area contributed by atoms with Crippen LogP contribution in [0, 0.1) is 5.92 Å². The first-order chi connectivity index (χ1) is 9.08. The summed E-state index contributed by atoms with van der Waals surface area (Å²) in [5.41, 5.74) is 2.26. The van der Waals surface area contributed by atoms with E-state index >= 15 is 0 Å². The summed E-state index contributed by atoms with van der Waals surface area (Å²) in [6, 6.07) is 8.23. The normalized spacial score (nSPS) is 18.9. The second-order valence-corrected chi connectivity index (χ2v) is 5.93. The summed E-state index contributed by atoms with van der Waals surface area (Å²) < 4.78 is 0. The summed E-state index contributed by atoms with van der Waals surface area (Å²) in [7, 11) is 4.30. The van der Waals surface area contributed by atoms with Gasteiger partial charge in [-0.25, -0.2) is 0 Å². The van der Waals surface area contributed by atoms with Crippen molar-refractivity contribution in [2.75, 3.05) is 38.6 Å². The molecule has 1 saturated heterocycles. The van der Waals surface area contributed by atoms with Crippen LogP contribution in [0.25, 0.3) is 0 Å². The number of nitrogens with zero attached hydrogens (tertiary/aromatic N) is 2. The SMILES string of the molecule is CC(O)c1ccccc1N1CCC(CN(C)C)CC1. The Labute approximate surface area is 116 Å². The maximum absolute atomic E-state index is 9.87. The van der Waals surface area contributed by atoms with Gasteiger partial charge < -0.3 is 14.9 Å². The van der Waals surface area contributed by atoms with Crippen molar-refractivity contribution in [1.82, 2.24) is 4.90 Å². The van der Waals surface area contributed by atoms with Crippen molar-refractivity contribution in [3.8, 4) is 0 Å². The molecule has 0 aromatic heterocycles. The van der Waals surface area contributed by atoms with E-state index in [0.29, 0.717) is 0 Å². The van der Waals surface area contributed by atoms with Gasteiger partial charge in [0, 0.05) is 30.9 Å². The van der Waals surface area contributed by atoms with Gasteiger partial charge in [-0.3, -0.25) is 0 Å². The molecule has 1 heterocycles. The lowest BCUT2D eigenvalue weighted by Crippen LogP contribution is -2.37. The van der Waals surface area contributed by atoms with Crippen LogP contribution in [0.15, 0.2) is 24.3 Å². The number of aliphatic hydroxyl groups is 1. The molecule has 0 aliphatic carbocycles. The molecule has 1 aromatic carbocycles. The Hall–Kier alpha value is -1.06. The summed E-state index contributed by atoms with van der Waals surface area (Å²) in [6.07, 6.45) is 2.09. The fourth-order valence-electron chi connectivity index (χ4n) is 3.00. The number of piperidine rings is 1. The molecule has 0 radical (unpaired) electrons. The fourth-order valence-corrected chi connectivity index (χ4v) is 3.00. The Bertz CT molecular complexity index is 395. The molecule has 3 nitrogen and oxygen atoms in total. The number of hydrogen-bond acceptors (Lipinski definition) is 3. The molecule has 3 heteroatoms. The van der Waals surface area contributed by atoms with E-state index in [2.05, 4.69) is 36.0 Å². The van der Waals surface area contributed by atoms with E-state index in [0.717, 1.165) is 24.6 Å². The predicted octanol–water partition coefficient (Wildman–Crippen LogP) is 2.52. The minimum atomic E-state index is -0.393. The average Bonchev–Trinajstić information content (AvgIpc) is 2.39. The summed E-state index contributed by atoms with van der Waals surface area (Å²) >= 11 is 0. The Morgan fingerprint density at radius 1 is 1.26 bits per heavy atom. The van der Waals surface area contributed by atoms with Crippen LogP contribution >= 0.6 is 0 Å². The molecule has 1 aliphatic rings. The van der Waals surface area contributed by atoms with Crippen molar-refractivity contribution in [3.63, 3.8) is 0 Å². The fraction of sp³-hybridized carbons (Fsp3) is 0.625. The van der Waals surface area contributed by atoms with Gasteiger partial charge in [-0.1, -0.05) is 18.2 Å². The molecule has 0 saturated carbocycles. The molecule has 1 atom stereocenters. The van der Waals surface area contributed by atoms with Crippen LogP contribution < -0.4 is 4.90 Å². The monoisotopic (exact) mass is 262 g/mol. The summed E-state index contributed by atoms with van der Waals surface area (Å²) in [6.45, 7) is 5.23. The van der Waals surface area contributed by atoms with Gasteiger partial charge in [-0.05, 0) is 45.8 Å². The standard InChI is InChI=1S/C16H26N2O/c1-13(19)15-6-4-5-7-16(15)18-10-8-14(9-11-18)12-17(2)3/h4-7,13-14,19H,8-12H2,1-3H3. The van der Waals surface area contributed by atoms with Crippen molar-refractivity contribution in [2.45, 2.75) is 25.9 Å². The molecule has 2 rings (SSSR count). The molecule has 19 heavy (non-hydrogen) atoms. The highest BCUT2D eigenvalue weighted by molar-refractivity contribution is 5.54. The number of anilines is 1. The van der Waals surface area contributed by atoms with Gasteiger partial charge in [-0.15, -0.1) is 0 Å². The third-order valence-corrected chi connectivity index (χ3v) is 3.97. The number of hydrogen-bond donors (Lipinski definition) is 1. The summed E-state index contributed by atoms with van der Waals surface area (Å²) in [5.74, 6) is 0.810. The second kappa shape index (κ2) is 6.40. The third-order valence-electron chi connectivity index (χ3n) is 3.97. The maximum Gasteiger partial charge on any atom is 0.0781 e. The van der Waals surface area contributed by atoms with E-state index in [-0.39, 0.29) is 0 Å². The van der Waals surface area contributed by atoms with Gasteiger partial charge in [0.2, 0.25) is 0 Å². The van der Waals surface area contributed by atoms with Gasteiger partial charge >= 0.3 is 0 Å². The van der Waals surface area contributed by atoms with E-state index in [4.69, 9.17) is 0 Å². The van der Waals surface area contributed by atoms with Crippen molar-refractivity contribution in [2.24, 2.45) is 5.92 Å². The molecule has 0 spiro atoms. The van der Waals surface area contributed by atoms with Gasteiger partial charge in [0.15, 0.2) is 0 Å². The van der Waals surface area contributed by atoms with Crippen LogP contribution in [-0.2, 0) is 0 Å². The molecule has 1 unspecified atom stereocenters. The lowest BCUT2D eigenvalue weighted by molar-refractivity contribution is 0.199. The smallest absolute Gasteiger partial charge is 0.0781 e. The van der Waals surface area contributed by atoms with Gasteiger partial charge in [-0.2, -0.15) is 0 Å². The van der Waals surface area contributed by atoms with Gasteiger partial charge in [0.25, 0.3) is 0 Å². The second-order valence-electron chi connectivity index (χ2n) is 5.93. The van der Waals surface area contributed by atoms with Crippen LogP contribution in [0.4, 0.5) is 5.69 Å². The molecule has 106 valence electrons. The first kappa shape index (κ1) is 14.4. The first-order valence-electron chi connectivity index (χ1n) is 7.24. The molecule has 1 N–H and O–H groups in total. The highest BCUT2D eigenvalue weighted by Gasteiger charge is 2.22. The largest absolute Gasteiger partial charge is 0.389 e. The van der Waals surface area contributed by atoms with E-state index < -0.39 is 6.10 Å². The van der Waals surface area contributed by atoms with Crippen LogP contribution in [0.3, 0.4) is 0 Å². The van der Waals surface area contributed by atoms with Gasteiger partial charge in [0.1, 0.15) is 0 Å². The zero-order chi connectivity index (χ0) is 13.8. The minimum absolute atomic E-state index is 0.393. The Morgan fingerprint density at radius 2 is 1.89 bits per heavy atom. The topological polar surface area (TPSA) is 26.7 Å². The van der Waals surface area contributed by atoms with Crippen LogP contribution in [-0.4, -0.2) is 43.7 Å². The summed E-state index contributed by atoms with van der Waals surface area (Å²) in [5, 5.41) is 9.87. The molecular formula is C16H26N2O. The summed E-state index contributed by atoms with van der Waals surface area (Å²) in [4.78, 5) is 4.71. The van der Waals surface area contributed by atoms with Crippen molar-refractivity contribution in [1.29, 1.82) is 0 Å². The molecule has 0 bridgehead atoms. The Balaban J connectivity index is 2.02. The molecule has 1 fully saturated rings. The Morgan fingerprint density at radius 3 is 2.47 bits per heavy atom. The van der Waals surface area contributed by atoms with Crippen molar-refractivity contribution in [3.05, 3.63) is 29.8 Å². The first-order valence-corrected chi connectivity index (χ1v) is 7.24. The number of benzene rings is 1. The van der Waals surface area contributed by atoms with Gasteiger partial charge in [0.05, 0.1) is 6.10 Å². The highest BCUT2D eigenvalue weighted by atomic mass is 16.3. The van der Waals surface area contributed by atoms with E-state index in [9.17, 15) is 5.11 Å². The van der Waals surface area contributed by atoms with Crippen LogP contribution in [0.5, 0.6) is 0 Å². The van der Waals surface area contributed by atoms with E-state index in [1.165, 1.54) is 25.1 Å². The molecular weight excluding hydrogens is 236 g/mol. The highest BCUT2D eigenvalue weighted by Crippen LogP contribution is 2.29. The van der Waals surface area contributed by atoms with Crippen molar-refractivity contribution < 1.29 is 5.11 Å². The average molecular weight is 262 g/mol. The quantitative estimate of drug-likeness (QED) is 0.903. The van der Waals surface area contributed by atoms with Crippen LogP contribution in [0.1, 0.15) is 31.4 Å².